The lowest BCUT2D eigenvalue weighted by Gasteiger charge is -2.14. The van der Waals surface area contributed by atoms with Gasteiger partial charge in [-0.3, -0.25) is 4.98 Å². The highest BCUT2D eigenvalue weighted by molar-refractivity contribution is 5.85. The van der Waals surface area contributed by atoms with Crippen molar-refractivity contribution in [3.63, 3.8) is 0 Å². The van der Waals surface area contributed by atoms with Gasteiger partial charge in [0.1, 0.15) is 0 Å². The number of nitrogens with zero attached hydrogens (tertiary/aromatic N) is 1. The molecule has 0 aliphatic heterocycles. The van der Waals surface area contributed by atoms with Gasteiger partial charge in [-0.15, -0.1) is 24.8 Å². The summed E-state index contributed by atoms with van der Waals surface area (Å²) in [5.74, 6) is 0.471. The second kappa shape index (κ2) is 7.13. The monoisotopic (exact) mass is 222 g/mol. The molecule has 0 aromatic carbocycles. The van der Waals surface area contributed by atoms with Crippen LogP contribution in [-0.4, -0.2) is 4.98 Å². The van der Waals surface area contributed by atoms with E-state index in [2.05, 4.69) is 18.8 Å². The van der Waals surface area contributed by atoms with Crippen LogP contribution in [0.1, 0.15) is 25.5 Å². The largest absolute Gasteiger partial charge is 0.324 e. The zero-order valence-electron chi connectivity index (χ0n) is 7.81. The first-order valence-electron chi connectivity index (χ1n) is 3.87. The summed E-state index contributed by atoms with van der Waals surface area (Å²) in [7, 11) is 0. The van der Waals surface area contributed by atoms with Gasteiger partial charge in [0.25, 0.3) is 0 Å². The highest BCUT2D eigenvalue weighted by Crippen LogP contribution is 2.16. The normalized spacial score (nSPS) is 11.4. The molecule has 0 amide bonds. The average molecular weight is 223 g/mol. The highest BCUT2D eigenvalue weighted by atomic mass is 35.5. The second-order valence-corrected chi connectivity index (χ2v) is 3.06. The van der Waals surface area contributed by atoms with Crippen LogP contribution in [0.2, 0.25) is 0 Å². The van der Waals surface area contributed by atoms with Crippen LogP contribution in [0.15, 0.2) is 24.5 Å². The van der Waals surface area contributed by atoms with Crippen molar-refractivity contribution in [1.29, 1.82) is 0 Å². The minimum absolute atomic E-state index is 0. The average Bonchev–Trinajstić information content (AvgIpc) is 2.05. The topological polar surface area (TPSA) is 38.9 Å². The van der Waals surface area contributed by atoms with Gasteiger partial charge in [-0.05, 0) is 17.5 Å². The van der Waals surface area contributed by atoms with Gasteiger partial charge in [-0.25, -0.2) is 0 Å². The number of rotatable bonds is 2. The predicted octanol–water partition coefficient (Wildman–Crippen LogP) is 2.58. The molecule has 0 aliphatic carbocycles. The van der Waals surface area contributed by atoms with Gasteiger partial charge >= 0.3 is 0 Å². The van der Waals surface area contributed by atoms with E-state index in [0.717, 1.165) is 5.56 Å². The summed E-state index contributed by atoms with van der Waals surface area (Å²) in [5, 5.41) is 0. The summed E-state index contributed by atoms with van der Waals surface area (Å²) in [6, 6.07) is 4.04. The van der Waals surface area contributed by atoms with Crippen molar-refractivity contribution < 1.29 is 0 Å². The molecule has 0 aliphatic rings. The smallest absolute Gasteiger partial charge is 0.0333 e. The maximum Gasteiger partial charge on any atom is 0.0333 e. The van der Waals surface area contributed by atoms with Crippen LogP contribution >= 0.6 is 24.8 Å². The molecule has 0 spiro atoms. The minimum atomic E-state index is 0. The molecule has 0 saturated carbocycles. The van der Waals surface area contributed by atoms with Crippen LogP contribution in [-0.2, 0) is 0 Å². The maximum absolute atomic E-state index is 5.90. The van der Waals surface area contributed by atoms with Gasteiger partial charge in [0.05, 0.1) is 0 Å². The van der Waals surface area contributed by atoms with E-state index in [1.165, 1.54) is 0 Å². The Morgan fingerprint density at radius 1 is 1.31 bits per heavy atom. The quantitative estimate of drug-likeness (QED) is 0.836. The van der Waals surface area contributed by atoms with Crippen LogP contribution in [0.25, 0.3) is 0 Å². The lowest BCUT2D eigenvalue weighted by molar-refractivity contribution is 0.513. The molecular weight excluding hydrogens is 207 g/mol. The summed E-state index contributed by atoms with van der Waals surface area (Å²) >= 11 is 0. The van der Waals surface area contributed by atoms with Crippen molar-refractivity contribution in [2.24, 2.45) is 11.7 Å². The molecular formula is C9H16Cl2N2. The fourth-order valence-electron chi connectivity index (χ4n) is 0.958. The second-order valence-electron chi connectivity index (χ2n) is 3.06. The molecule has 0 saturated heterocycles. The zero-order valence-corrected chi connectivity index (χ0v) is 9.44. The van der Waals surface area contributed by atoms with Crippen LogP contribution < -0.4 is 5.73 Å². The molecule has 0 fully saturated rings. The van der Waals surface area contributed by atoms with Crippen LogP contribution in [0.5, 0.6) is 0 Å². The molecule has 2 nitrogen and oxygen atoms in total. The molecule has 13 heavy (non-hydrogen) atoms. The standard InChI is InChI=1S/C9H14N2.2ClH/c1-7(2)9(10)8-4-3-5-11-6-8;;/h3-7,9H,10H2,1-2H3;2*1H/t9-;;/m0../s1. The number of nitrogens with two attached hydrogens (primary N) is 1. The van der Waals surface area contributed by atoms with E-state index in [-0.39, 0.29) is 30.9 Å². The molecule has 0 radical (unpaired) electrons. The number of hydrogen-bond donors (Lipinski definition) is 1. The van der Waals surface area contributed by atoms with Crippen LogP contribution in [0.4, 0.5) is 0 Å². The summed E-state index contributed by atoms with van der Waals surface area (Å²) in [6.45, 7) is 4.22. The van der Waals surface area contributed by atoms with Crippen molar-refractivity contribution in [3.05, 3.63) is 30.1 Å². The van der Waals surface area contributed by atoms with Gasteiger partial charge < -0.3 is 5.73 Å². The Morgan fingerprint density at radius 2 is 1.92 bits per heavy atom. The molecule has 1 aromatic rings. The zero-order chi connectivity index (χ0) is 8.27. The van der Waals surface area contributed by atoms with Crippen LogP contribution in [0, 0.1) is 5.92 Å². The first-order chi connectivity index (χ1) is 5.22. The van der Waals surface area contributed by atoms with Gasteiger partial charge in [-0.1, -0.05) is 19.9 Å². The molecule has 1 aromatic heterocycles. The maximum atomic E-state index is 5.90. The Bertz CT molecular complexity index is 214. The Balaban J connectivity index is 0. The molecule has 2 N–H and O–H groups in total. The van der Waals surface area contributed by atoms with Gasteiger partial charge in [0.2, 0.25) is 0 Å². The summed E-state index contributed by atoms with van der Waals surface area (Å²) in [6.07, 6.45) is 3.58. The van der Waals surface area contributed by atoms with E-state index in [4.69, 9.17) is 5.73 Å². The molecule has 0 bridgehead atoms. The molecule has 0 unspecified atom stereocenters. The van der Waals surface area contributed by atoms with Gasteiger partial charge in [0, 0.05) is 18.4 Å². The highest BCUT2D eigenvalue weighted by Gasteiger charge is 2.08. The number of pyridine rings is 1. The minimum Gasteiger partial charge on any atom is -0.324 e. The van der Waals surface area contributed by atoms with Crippen molar-refractivity contribution in [2.75, 3.05) is 0 Å². The third-order valence-electron chi connectivity index (χ3n) is 1.79. The van der Waals surface area contributed by atoms with E-state index in [1.807, 2.05) is 18.3 Å². The van der Waals surface area contributed by atoms with E-state index >= 15 is 0 Å². The lowest BCUT2D eigenvalue weighted by Crippen LogP contribution is -2.16. The predicted molar refractivity (Wildman–Crippen MR) is 60.5 cm³/mol. The van der Waals surface area contributed by atoms with Crippen molar-refractivity contribution in [2.45, 2.75) is 19.9 Å². The van der Waals surface area contributed by atoms with Crippen LogP contribution in [0.3, 0.4) is 0 Å². The molecule has 1 atom stereocenters. The number of hydrogen-bond acceptors (Lipinski definition) is 2. The molecule has 1 rings (SSSR count). The third kappa shape index (κ3) is 4.46. The van der Waals surface area contributed by atoms with E-state index < -0.39 is 0 Å². The van der Waals surface area contributed by atoms with Crippen molar-refractivity contribution >= 4 is 24.8 Å². The van der Waals surface area contributed by atoms with E-state index in [1.54, 1.807) is 6.20 Å². The fourth-order valence-corrected chi connectivity index (χ4v) is 0.958. The van der Waals surface area contributed by atoms with Crippen molar-refractivity contribution in [3.8, 4) is 0 Å². The Morgan fingerprint density at radius 3 is 2.31 bits per heavy atom. The third-order valence-corrected chi connectivity index (χ3v) is 1.79. The van der Waals surface area contributed by atoms with Crippen molar-refractivity contribution in [1.82, 2.24) is 4.98 Å². The Hall–Kier alpha value is -0.310. The molecule has 76 valence electrons. The Kier molecular flexibility index (Phi) is 8.32. The number of aromatic nitrogens is 1. The first kappa shape index (κ1) is 15.2. The van der Waals surface area contributed by atoms with Gasteiger partial charge in [-0.2, -0.15) is 0 Å². The van der Waals surface area contributed by atoms with E-state index in [9.17, 15) is 0 Å². The SMILES string of the molecule is CC(C)[C@H](N)c1cccnc1.Cl.Cl. The van der Waals surface area contributed by atoms with Gasteiger partial charge in [0.15, 0.2) is 0 Å². The molecule has 4 heteroatoms. The number of halogens is 2. The summed E-state index contributed by atoms with van der Waals surface area (Å²) in [5.41, 5.74) is 7.01. The molecule has 1 heterocycles. The summed E-state index contributed by atoms with van der Waals surface area (Å²) in [4.78, 5) is 4.01. The van der Waals surface area contributed by atoms with E-state index in [0.29, 0.717) is 5.92 Å². The fraction of sp³-hybridized carbons (Fsp3) is 0.444. The summed E-state index contributed by atoms with van der Waals surface area (Å²) < 4.78 is 0. The Labute approximate surface area is 91.8 Å². The first-order valence-corrected chi connectivity index (χ1v) is 3.87. The lowest BCUT2D eigenvalue weighted by atomic mass is 9.99.